The lowest BCUT2D eigenvalue weighted by Gasteiger charge is -2.20. The van der Waals surface area contributed by atoms with Gasteiger partial charge in [-0.25, -0.2) is 12.7 Å². The molecular weight excluding hydrogens is 460 g/mol. The van der Waals surface area contributed by atoms with Crippen LogP contribution in [0.1, 0.15) is 25.7 Å². The topological polar surface area (TPSA) is 94.4 Å². The van der Waals surface area contributed by atoms with Gasteiger partial charge in [-0.2, -0.15) is 0 Å². The van der Waals surface area contributed by atoms with E-state index in [1.807, 2.05) is 28.8 Å². The van der Waals surface area contributed by atoms with Crippen molar-refractivity contribution in [3.63, 3.8) is 0 Å². The number of Topliss-reactive ketones (excluding diaryl/α,β-unsaturated/α-hetero) is 1. The van der Waals surface area contributed by atoms with E-state index in [0.29, 0.717) is 28.7 Å². The molecule has 1 saturated carbocycles. The van der Waals surface area contributed by atoms with Crippen molar-refractivity contribution in [1.82, 2.24) is 19.1 Å². The molecule has 10 heteroatoms. The highest BCUT2D eigenvalue weighted by Crippen LogP contribution is 2.35. The fraction of sp³-hybridized carbons (Fsp3) is 0.348. The van der Waals surface area contributed by atoms with Gasteiger partial charge in [0.05, 0.1) is 22.9 Å². The number of thioether (sulfide) groups is 1. The van der Waals surface area contributed by atoms with Crippen LogP contribution in [0.3, 0.4) is 0 Å². The number of methoxy groups -OCH3 is 1. The van der Waals surface area contributed by atoms with Gasteiger partial charge in [-0.15, -0.1) is 10.2 Å². The normalized spacial score (nSPS) is 16.8. The molecule has 3 aromatic rings. The fourth-order valence-electron chi connectivity index (χ4n) is 3.72. The Morgan fingerprint density at radius 1 is 1.09 bits per heavy atom. The first-order valence-electron chi connectivity index (χ1n) is 10.6. The van der Waals surface area contributed by atoms with Crippen LogP contribution >= 0.6 is 11.8 Å². The first-order valence-corrected chi connectivity index (χ1v) is 13.0. The molecule has 1 aromatic heterocycles. The molecule has 8 nitrogen and oxygen atoms in total. The third-order valence-electron chi connectivity index (χ3n) is 5.56. The standard InChI is InChI=1S/C23H26N4O4S2/c1-26(2)33(29,30)19-11-6-8-16(14-19)22-24-25-23(32-21-13-5-4-12-20(21)28)27(22)17-9-7-10-18(15-17)31-3/h6-11,14-15,21H,4-5,12-13H2,1-3H3. The van der Waals surface area contributed by atoms with Gasteiger partial charge in [0.25, 0.3) is 0 Å². The Labute approximate surface area is 198 Å². The molecule has 1 aliphatic carbocycles. The summed E-state index contributed by atoms with van der Waals surface area (Å²) >= 11 is 1.41. The van der Waals surface area contributed by atoms with E-state index in [-0.39, 0.29) is 15.9 Å². The number of ether oxygens (including phenoxy) is 1. The molecule has 0 bridgehead atoms. The third kappa shape index (κ3) is 4.83. The van der Waals surface area contributed by atoms with E-state index in [1.165, 1.54) is 30.2 Å². The summed E-state index contributed by atoms with van der Waals surface area (Å²) in [6, 6.07) is 14.1. The maximum absolute atomic E-state index is 12.7. The molecule has 0 radical (unpaired) electrons. The lowest BCUT2D eigenvalue weighted by Crippen LogP contribution is -2.22. The minimum absolute atomic E-state index is 0.166. The Kier molecular flexibility index (Phi) is 6.87. The maximum atomic E-state index is 12.7. The molecule has 2 aromatic carbocycles. The SMILES string of the molecule is COc1cccc(-n2c(SC3CCCCC3=O)nnc2-c2cccc(S(=O)(=O)N(C)C)c2)c1. The first kappa shape index (κ1) is 23.5. The highest BCUT2D eigenvalue weighted by molar-refractivity contribution is 8.00. The predicted molar refractivity (Wildman–Crippen MR) is 127 cm³/mol. The van der Waals surface area contributed by atoms with Crippen LogP contribution in [-0.4, -0.2) is 59.7 Å². The van der Waals surface area contributed by atoms with Crippen molar-refractivity contribution in [2.45, 2.75) is 41.0 Å². The van der Waals surface area contributed by atoms with Gasteiger partial charge in [-0.1, -0.05) is 36.4 Å². The molecule has 4 rings (SSSR count). The molecule has 33 heavy (non-hydrogen) atoms. The Bertz CT molecular complexity index is 1270. The number of carbonyl (C=O) groups is 1. The number of ketones is 1. The van der Waals surface area contributed by atoms with Crippen molar-refractivity contribution in [3.8, 4) is 22.8 Å². The van der Waals surface area contributed by atoms with Crippen LogP contribution in [0.5, 0.6) is 5.75 Å². The Hall–Kier alpha value is -2.69. The van der Waals surface area contributed by atoms with Crippen LogP contribution in [0.15, 0.2) is 58.6 Å². The molecule has 1 unspecified atom stereocenters. The van der Waals surface area contributed by atoms with Crippen LogP contribution < -0.4 is 4.74 Å². The number of hydrogen-bond donors (Lipinski definition) is 0. The highest BCUT2D eigenvalue weighted by Gasteiger charge is 2.27. The Balaban J connectivity index is 1.84. The number of benzene rings is 2. The van der Waals surface area contributed by atoms with Gasteiger partial charge in [-0.05, 0) is 37.1 Å². The summed E-state index contributed by atoms with van der Waals surface area (Å²) in [6.45, 7) is 0. The second kappa shape index (κ2) is 9.66. The zero-order valence-electron chi connectivity index (χ0n) is 18.8. The van der Waals surface area contributed by atoms with Crippen LogP contribution in [0, 0.1) is 0 Å². The average Bonchev–Trinajstić information content (AvgIpc) is 3.24. The minimum Gasteiger partial charge on any atom is -0.497 e. The molecule has 1 fully saturated rings. The maximum Gasteiger partial charge on any atom is 0.242 e. The van der Waals surface area contributed by atoms with Crippen LogP contribution in [-0.2, 0) is 14.8 Å². The summed E-state index contributed by atoms with van der Waals surface area (Å²) < 4.78 is 33.8. The molecule has 1 heterocycles. The molecule has 1 atom stereocenters. The van der Waals surface area contributed by atoms with E-state index in [1.54, 1.807) is 31.4 Å². The van der Waals surface area contributed by atoms with Crippen molar-refractivity contribution in [2.75, 3.05) is 21.2 Å². The summed E-state index contributed by atoms with van der Waals surface area (Å²) in [6.07, 6.45) is 3.33. The van der Waals surface area contributed by atoms with Gasteiger partial charge in [-0.3, -0.25) is 9.36 Å². The van der Waals surface area contributed by atoms with Crippen molar-refractivity contribution in [2.24, 2.45) is 0 Å². The van der Waals surface area contributed by atoms with E-state index in [9.17, 15) is 13.2 Å². The molecule has 1 aliphatic rings. The summed E-state index contributed by atoms with van der Waals surface area (Å²) in [5.41, 5.74) is 1.37. The monoisotopic (exact) mass is 486 g/mol. The quantitative estimate of drug-likeness (QED) is 0.501. The smallest absolute Gasteiger partial charge is 0.242 e. The van der Waals surface area contributed by atoms with Crippen molar-refractivity contribution >= 4 is 27.6 Å². The van der Waals surface area contributed by atoms with E-state index in [0.717, 1.165) is 24.9 Å². The second-order valence-electron chi connectivity index (χ2n) is 7.98. The molecule has 0 amide bonds. The molecule has 0 aliphatic heterocycles. The van der Waals surface area contributed by atoms with Gasteiger partial charge in [0.2, 0.25) is 10.0 Å². The van der Waals surface area contributed by atoms with Gasteiger partial charge < -0.3 is 4.74 Å². The summed E-state index contributed by atoms with van der Waals surface area (Å²) in [5.74, 6) is 1.39. The number of rotatable bonds is 7. The molecular formula is C23H26N4O4S2. The second-order valence-corrected chi connectivity index (χ2v) is 11.3. The van der Waals surface area contributed by atoms with Gasteiger partial charge in [0.15, 0.2) is 11.0 Å². The Morgan fingerprint density at radius 2 is 1.88 bits per heavy atom. The molecule has 0 saturated heterocycles. The largest absolute Gasteiger partial charge is 0.497 e. The average molecular weight is 487 g/mol. The van der Waals surface area contributed by atoms with E-state index in [4.69, 9.17) is 4.74 Å². The number of carbonyl (C=O) groups excluding carboxylic acids is 1. The zero-order chi connectivity index (χ0) is 23.6. The van der Waals surface area contributed by atoms with Crippen LogP contribution in [0.25, 0.3) is 17.1 Å². The highest BCUT2D eigenvalue weighted by atomic mass is 32.2. The van der Waals surface area contributed by atoms with E-state index < -0.39 is 10.0 Å². The van der Waals surface area contributed by atoms with Crippen molar-refractivity contribution in [3.05, 3.63) is 48.5 Å². The van der Waals surface area contributed by atoms with Crippen molar-refractivity contribution in [1.29, 1.82) is 0 Å². The molecule has 174 valence electrons. The minimum atomic E-state index is -3.61. The fourth-order valence-corrected chi connectivity index (χ4v) is 5.85. The van der Waals surface area contributed by atoms with Crippen LogP contribution in [0.2, 0.25) is 0 Å². The molecule has 0 spiro atoms. The number of hydrogen-bond acceptors (Lipinski definition) is 7. The summed E-state index contributed by atoms with van der Waals surface area (Å²) in [7, 11) is 0.976. The summed E-state index contributed by atoms with van der Waals surface area (Å²) in [4.78, 5) is 12.6. The number of sulfonamides is 1. The Morgan fingerprint density at radius 3 is 2.61 bits per heavy atom. The number of aromatic nitrogens is 3. The van der Waals surface area contributed by atoms with Gasteiger partial charge in [0.1, 0.15) is 11.5 Å². The van der Waals surface area contributed by atoms with Crippen LogP contribution in [0.4, 0.5) is 0 Å². The number of nitrogens with zero attached hydrogens (tertiary/aromatic N) is 4. The van der Waals surface area contributed by atoms with Gasteiger partial charge in [0, 0.05) is 32.1 Å². The van der Waals surface area contributed by atoms with Gasteiger partial charge >= 0.3 is 0 Å². The summed E-state index contributed by atoms with van der Waals surface area (Å²) in [5, 5.41) is 9.23. The lowest BCUT2D eigenvalue weighted by atomic mass is 9.99. The third-order valence-corrected chi connectivity index (χ3v) is 8.63. The van der Waals surface area contributed by atoms with E-state index in [2.05, 4.69) is 10.2 Å². The van der Waals surface area contributed by atoms with Crippen molar-refractivity contribution < 1.29 is 17.9 Å². The lowest BCUT2D eigenvalue weighted by molar-refractivity contribution is -0.119. The van der Waals surface area contributed by atoms with E-state index >= 15 is 0 Å². The predicted octanol–water partition coefficient (Wildman–Crippen LogP) is 3.80. The molecule has 0 N–H and O–H groups in total. The first-order chi connectivity index (χ1) is 15.8. The zero-order valence-corrected chi connectivity index (χ0v) is 20.4.